The lowest BCUT2D eigenvalue weighted by molar-refractivity contribution is 0.276. The topological polar surface area (TPSA) is 38.9 Å². The summed E-state index contributed by atoms with van der Waals surface area (Å²) in [5, 5.41) is 4.82. The average molecular weight is 349 g/mol. The zero-order valence-corrected chi connectivity index (χ0v) is 15.7. The number of rotatable bonds is 5. The van der Waals surface area contributed by atoms with Crippen molar-refractivity contribution in [1.82, 2.24) is 24.2 Å². The Bertz CT molecular complexity index is 862. The second-order valence-electron chi connectivity index (χ2n) is 7.13. The maximum Gasteiger partial charge on any atom is 0.105 e. The molecule has 1 aromatic carbocycles. The number of fused-ring (bicyclic) bond motifs is 1. The molecule has 0 fully saturated rings. The first-order valence-corrected chi connectivity index (χ1v) is 9.52. The fourth-order valence-corrected chi connectivity index (χ4v) is 3.98. The van der Waals surface area contributed by atoms with Crippen LogP contribution >= 0.6 is 0 Å². The number of aryl methyl sites for hydroxylation is 3. The molecule has 2 aromatic heterocycles. The Morgan fingerprint density at radius 3 is 2.62 bits per heavy atom. The van der Waals surface area contributed by atoms with E-state index >= 15 is 0 Å². The van der Waals surface area contributed by atoms with E-state index in [2.05, 4.69) is 69.6 Å². The second-order valence-corrected chi connectivity index (χ2v) is 7.13. The standard InChI is InChI=1S/C21H27N5/c1-17-22-11-16-26(17)13-6-12-25-14-9-19-20(10-15-25)24(2)23-21(19)18-7-4-3-5-8-18/h3-5,7-8,11,16H,6,9-10,12-15H2,1-2H3. The van der Waals surface area contributed by atoms with Gasteiger partial charge in [0.1, 0.15) is 5.82 Å². The van der Waals surface area contributed by atoms with Gasteiger partial charge in [0.2, 0.25) is 0 Å². The summed E-state index contributed by atoms with van der Waals surface area (Å²) in [5.41, 5.74) is 5.23. The van der Waals surface area contributed by atoms with Crippen LogP contribution in [0.25, 0.3) is 11.3 Å². The van der Waals surface area contributed by atoms with E-state index in [-0.39, 0.29) is 0 Å². The molecule has 3 aromatic rings. The Kier molecular flexibility index (Phi) is 4.89. The molecule has 0 atom stereocenters. The van der Waals surface area contributed by atoms with Gasteiger partial charge in [0.25, 0.3) is 0 Å². The molecule has 0 aliphatic carbocycles. The predicted octanol–water partition coefficient (Wildman–Crippen LogP) is 3.08. The van der Waals surface area contributed by atoms with Crippen molar-refractivity contribution in [3.05, 3.63) is 59.8 Å². The van der Waals surface area contributed by atoms with Crippen LogP contribution in [-0.4, -0.2) is 43.9 Å². The molecule has 1 aliphatic heterocycles. The molecule has 0 radical (unpaired) electrons. The normalized spacial score (nSPS) is 15.0. The van der Waals surface area contributed by atoms with Gasteiger partial charge in [-0.3, -0.25) is 4.68 Å². The van der Waals surface area contributed by atoms with Crippen molar-refractivity contribution in [1.29, 1.82) is 0 Å². The molecule has 136 valence electrons. The van der Waals surface area contributed by atoms with Gasteiger partial charge in [-0.25, -0.2) is 4.98 Å². The summed E-state index contributed by atoms with van der Waals surface area (Å²) in [6, 6.07) is 10.6. The Balaban J connectivity index is 1.42. The first-order chi connectivity index (χ1) is 12.7. The highest BCUT2D eigenvalue weighted by atomic mass is 15.3. The summed E-state index contributed by atoms with van der Waals surface area (Å²) in [4.78, 5) is 6.90. The Morgan fingerprint density at radius 1 is 1.04 bits per heavy atom. The monoisotopic (exact) mass is 349 g/mol. The van der Waals surface area contributed by atoms with Gasteiger partial charge in [-0.15, -0.1) is 0 Å². The van der Waals surface area contributed by atoms with E-state index in [1.807, 2.05) is 6.20 Å². The lowest BCUT2D eigenvalue weighted by Gasteiger charge is -2.20. The van der Waals surface area contributed by atoms with Gasteiger partial charge in [-0.2, -0.15) is 5.10 Å². The second kappa shape index (κ2) is 7.46. The van der Waals surface area contributed by atoms with Crippen molar-refractivity contribution >= 4 is 0 Å². The van der Waals surface area contributed by atoms with Crippen LogP contribution in [0.5, 0.6) is 0 Å². The van der Waals surface area contributed by atoms with Crippen LogP contribution in [0.15, 0.2) is 42.7 Å². The zero-order chi connectivity index (χ0) is 17.9. The van der Waals surface area contributed by atoms with Crippen LogP contribution in [0, 0.1) is 6.92 Å². The maximum atomic E-state index is 4.82. The van der Waals surface area contributed by atoms with Gasteiger partial charge in [-0.1, -0.05) is 30.3 Å². The molecule has 0 saturated heterocycles. The number of hydrogen-bond acceptors (Lipinski definition) is 3. The van der Waals surface area contributed by atoms with Crippen molar-refractivity contribution in [3.8, 4) is 11.3 Å². The molecule has 26 heavy (non-hydrogen) atoms. The van der Waals surface area contributed by atoms with Crippen LogP contribution in [0.3, 0.4) is 0 Å². The molecule has 5 heteroatoms. The third-order valence-electron chi connectivity index (χ3n) is 5.46. The summed E-state index contributed by atoms with van der Waals surface area (Å²) in [7, 11) is 2.09. The predicted molar refractivity (Wildman–Crippen MR) is 104 cm³/mol. The van der Waals surface area contributed by atoms with E-state index in [1.54, 1.807) is 0 Å². The molecule has 0 unspecified atom stereocenters. The molecule has 0 spiro atoms. The summed E-state index contributed by atoms with van der Waals surface area (Å²) >= 11 is 0. The summed E-state index contributed by atoms with van der Waals surface area (Å²) in [5.74, 6) is 1.10. The van der Waals surface area contributed by atoms with Gasteiger partial charge in [0.05, 0.1) is 5.69 Å². The van der Waals surface area contributed by atoms with Crippen LogP contribution < -0.4 is 0 Å². The van der Waals surface area contributed by atoms with Crippen molar-refractivity contribution in [2.24, 2.45) is 7.05 Å². The molecule has 3 heterocycles. The fraction of sp³-hybridized carbons (Fsp3) is 0.429. The highest BCUT2D eigenvalue weighted by molar-refractivity contribution is 5.64. The van der Waals surface area contributed by atoms with E-state index in [0.29, 0.717) is 0 Å². The van der Waals surface area contributed by atoms with Crippen LogP contribution in [-0.2, 0) is 26.4 Å². The molecule has 1 aliphatic rings. The first-order valence-electron chi connectivity index (χ1n) is 9.52. The Hall–Kier alpha value is -2.40. The largest absolute Gasteiger partial charge is 0.335 e. The van der Waals surface area contributed by atoms with Gasteiger partial charge in [-0.05, 0) is 26.3 Å². The van der Waals surface area contributed by atoms with Crippen LogP contribution in [0.4, 0.5) is 0 Å². The van der Waals surface area contributed by atoms with E-state index < -0.39 is 0 Å². The Labute approximate surface area is 155 Å². The highest BCUT2D eigenvalue weighted by Gasteiger charge is 2.21. The molecule has 4 rings (SSSR count). The van der Waals surface area contributed by atoms with Crippen molar-refractivity contribution in [2.45, 2.75) is 32.7 Å². The molecular weight excluding hydrogens is 322 g/mol. The number of imidazole rings is 1. The van der Waals surface area contributed by atoms with Crippen molar-refractivity contribution < 1.29 is 0 Å². The minimum absolute atomic E-state index is 1.05. The highest BCUT2D eigenvalue weighted by Crippen LogP contribution is 2.27. The van der Waals surface area contributed by atoms with Crippen LogP contribution in [0.2, 0.25) is 0 Å². The van der Waals surface area contributed by atoms with E-state index in [1.165, 1.54) is 22.5 Å². The maximum absolute atomic E-state index is 4.82. The number of nitrogens with zero attached hydrogens (tertiary/aromatic N) is 5. The molecule has 0 saturated carbocycles. The van der Waals surface area contributed by atoms with Crippen molar-refractivity contribution in [3.63, 3.8) is 0 Å². The van der Waals surface area contributed by atoms with E-state index in [9.17, 15) is 0 Å². The van der Waals surface area contributed by atoms with Crippen molar-refractivity contribution in [2.75, 3.05) is 19.6 Å². The number of aromatic nitrogens is 4. The summed E-state index contributed by atoms with van der Waals surface area (Å²) in [6.07, 6.45) is 7.28. The van der Waals surface area contributed by atoms with Gasteiger partial charge >= 0.3 is 0 Å². The minimum Gasteiger partial charge on any atom is -0.335 e. The molecule has 5 nitrogen and oxygen atoms in total. The summed E-state index contributed by atoms with van der Waals surface area (Å²) in [6.45, 7) is 6.48. The lowest BCUT2D eigenvalue weighted by atomic mass is 10.0. The number of hydrogen-bond donors (Lipinski definition) is 0. The van der Waals surface area contributed by atoms with Gasteiger partial charge < -0.3 is 9.47 Å². The molecular formula is C21H27N5. The van der Waals surface area contributed by atoms with E-state index in [0.717, 1.165) is 51.3 Å². The average Bonchev–Trinajstić information content (AvgIpc) is 3.12. The van der Waals surface area contributed by atoms with E-state index in [4.69, 9.17) is 5.10 Å². The third-order valence-corrected chi connectivity index (χ3v) is 5.46. The quantitative estimate of drug-likeness (QED) is 0.710. The minimum atomic E-state index is 1.05. The molecule has 0 N–H and O–H groups in total. The smallest absolute Gasteiger partial charge is 0.105 e. The molecule has 0 bridgehead atoms. The van der Waals surface area contributed by atoms with Crippen LogP contribution in [0.1, 0.15) is 23.5 Å². The summed E-state index contributed by atoms with van der Waals surface area (Å²) < 4.78 is 4.33. The van der Waals surface area contributed by atoms with Gasteiger partial charge in [0, 0.05) is 62.3 Å². The Morgan fingerprint density at radius 2 is 1.85 bits per heavy atom. The lowest BCUT2D eigenvalue weighted by Crippen LogP contribution is -2.28. The SMILES string of the molecule is Cc1nccn1CCCN1CCc2c(-c3ccccc3)nn(C)c2CC1. The third kappa shape index (κ3) is 3.44. The molecule has 0 amide bonds. The fourth-order valence-electron chi connectivity index (χ4n) is 3.98. The van der Waals surface area contributed by atoms with Gasteiger partial charge in [0.15, 0.2) is 0 Å². The first kappa shape index (κ1) is 17.0. The zero-order valence-electron chi connectivity index (χ0n) is 15.7. The number of benzene rings is 1.